The third-order valence-electron chi connectivity index (χ3n) is 4.65. The Morgan fingerprint density at radius 3 is 2.86 bits per heavy atom. The molecule has 0 N–H and O–H groups in total. The fraction of sp³-hybridized carbons (Fsp3) is 0.263. The van der Waals surface area contributed by atoms with E-state index in [-0.39, 0.29) is 0 Å². The molecule has 2 aromatic carbocycles. The van der Waals surface area contributed by atoms with Crippen molar-refractivity contribution in [2.75, 3.05) is 20.7 Å². The first-order chi connectivity index (χ1) is 10.7. The van der Waals surface area contributed by atoms with Crippen LogP contribution in [-0.2, 0) is 16.9 Å². The highest BCUT2D eigenvalue weighted by Crippen LogP contribution is 2.40. The molecule has 0 amide bonds. The molecular weight excluding hydrogens is 274 g/mol. The number of methoxy groups -OCH3 is 1. The van der Waals surface area contributed by atoms with Crippen molar-refractivity contribution in [3.8, 4) is 0 Å². The van der Waals surface area contributed by atoms with Crippen LogP contribution in [0.15, 0.2) is 59.2 Å². The number of likely N-dealkylation sites (N-methyl/N-ethyl adjacent to an activating group) is 1. The lowest BCUT2D eigenvalue weighted by Crippen LogP contribution is -2.46. The standard InChI is InChI=1S/C19H19NO2/c1-20-12-15-5-3-4-6-17(15)19(13-20,21-2)16-7-8-18-14(11-16)9-10-22-18/h3-11H,12-13H2,1-2H3. The molecular formula is C19H19NO2. The van der Waals surface area contributed by atoms with E-state index in [1.165, 1.54) is 16.7 Å². The van der Waals surface area contributed by atoms with Crippen LogP contribution in [0.2, 0.25) is 0 Å². The zero-order chi connectivity index (χ0) is 15.2. The van der Waals surface area contributed by atoms with E-state index in [0.29, 0.717) is 0 Å². The lowest BCUT2D eigenvalue weighted by Gasteiger charge is -2.42. The molecule has 4 rings (SSSR count). The summed E-state index contributed by atoms with van der Waals surface area (Å²) in [6.45, 7) is 1.79. The van der Waals surface area contributed by atoms with Gasteiger partial charge in [0.15, 0.2) is 0 Å². The van der Waals surface area contributed by atoms with Crippen LogP contribution >= 0.6 is 0 Å². The zero-order valence-electron chi connectivity index (χ0n) is 12.9. The monoisotopic (exact) mass is 293 g/mol. The first kappa shape index (κ1) is 13.6. The first-order valence-electron chi connectivity index (χ1n) is 7.53. The second kappa shape index (κ2) is 4.97. The summed E-state index contributed by atoms with van der Waals surface area (Å²) in [5.41, 5.74) is 4.23. The van der Waals surface area contributed by atoms with Gasteiger partial charge < -0.3 is 9.15 Å². The van der Waals surface area contributed by atoms with Gasteiger partial charge in [-0.25, -0.2) is 0 Å². The minimum atomic E-state index is -0.435. The number of rotatable bonds is 2. The van der Waals surface area contributed by atoms with Crippen molar-refractivity contribution in [1.29, 1.82) is 0 Å². The number of furan rings is 1. The Balaban J connectivity index is 1.95. The molecule has 1 unspecified atom stereocenters. The van der Waals surface area contributed by atoms with E-state index in [4.69, 9.17) is 9.15 Å². The van der Waals surface area contributed by atoms with Crippen LogP contribution in [0.4, 0.5) is 0 Å². The Labute approximate surface area is 130 Å². The van der Waals surface area contributed by atoms with Gasteiger partial charge in [0.25, 0.3) is 0 Å². The number of fused-ring (bicyclic) bond motifs is 2. The average molecular weight is 293 g/mol. The average Bonchev–Trinajstić information content (AvgIpc) is 3.01. The summed E-state index contributed by atoms with van der Waals surface area (Å²) >= 11 is 0. The van der Waals surface area contributed by atoms with Gasteiger partial charge in [0.05, 0.1) is 6.26 Å². The fourth-order valence-electron chi connectivity index (χ4n) is 3.62. The van der Waals surface area contributed by atoms with Crippen molar-refractivity contribution < 1.29 is 9.15 Å². The van der Waals surface area contributed by atoms with Crippen LogP contribution in [0.25, 0.3) is 11.0 Å². The highest BCUT2D eigenvalue weighted by molar-refractivity contribution is 5.78. The van der Waals surface area contributed by atoms with Crippen LogP contribution in [-0.4, -0.2) is 25.6 Å². The van der Waals surface area contributed by atoms with E-state index in [9.17, 15) is 0 Å². The van der Waals surface area contributed by atoms with Crippen molar-refractivity contribution in [2.45, 2.75) is 12.1 Å². The highest BCUT2D eigenvalue weighted by Gasteiger charge is 2.40. The number of nitrogens with zero attached hydrogens (tertiary/aromatic N) is 1. The largest absolute Gasteiger partial charge is 0.464 e. The molecule has 3 nitrogen and oxygen atoms in total. The molecule has 3 heteroatoms. The maximum Gasteiger partial charge on any atom is 0.133 e. The van der Waals surface area contributed by atoms with Gasteiger partial charge in [-0.3, -0.25) is 4.90 Å². The summed E-state index contributed by atoms with van der Waals surface area (Å²) in [5.74, 6) is 0. The molecule has 0 saturated carbocycles. The smallest absolute Gasteiger partial charge is 0.133 e. The summed E-state index contributed by atoms with van der Waals surface area (Å²) in [6.07, 6.45) is 1.73. The van der Waals surface area contributed by atoms with Gasteiger partial charge in [0, 0.05) is 25.6 Å². The van der Waals surface area contributed by atoms with Gasteiger partial charge in [-0.05, 0) is 41.9 Å². The Morgan fingerprint density at radius 1 is 1.14 bits per heavy atom. The van der Waals surface area contributed by atoms with Gasteiger partial charge in [0.2, 0.25) is 0 Å². The quantitative estimate of drug-likeness (QED) is 0.719. The predicted molar refractivity (Wildman–Crippen MR) is 86.8 cm³/mol. The molecule has 0 radical (unpaired) electrons. The Hall–Kier alpha value is -2.10. The maximum absolute atomic E-state index is 6.11. The maximum atomic E-state index is 6.11. The second-order valence-corrected chi connectivity index (χ2v) is 6.03. The molecule has 3 aromatic rings. The minimum absolute atomic E-state index is 0.435. The molecule has 0 saturated heterocycles. The van der Waals surface area contributed by atoms with Crippen LogP contribution in [0.5, 0.6) is 0 Å². The minimum Gasteiger partial charge on any atom is -0.464 e. The molecule has 0 fully saturated rings. The summed E-state index contributed by atoms with van der Waals surface area (Å²) in [7, 11) is 3.94. The number of hydrogen-bond donors (Lipinski definition) is 0. The third-order valence-corrected chi connectivity index (χ3v) is 4.65. The van der Waals surface area contributed by atoms with E-state index in [0.717, 1.165) is 24.1 Å². The van der Waals surface area contributed by atoms with E-state index < -0.39 is 5.60 Å². The number of ether oxygens (including phenoxy) is 1. The molecule has 1 atom stereocenters. The molecule has 112 valence electrons. The fourth-order valence-corrected chi connectivity index (χ4v) is 3.62. The van der Waals surface area contributed by atoms with Crippen LogP contribution in [0.1, 0.15) is 16.7 Å². The van der Waals surface area contributed by atoms with Gasteiger partial charge in [0.1, 0.15) is 11.2 Å². The highest BCUT2D eigenvalue weighted by atomic mass is 16.5. The molecule has 1 aromatic heterocycles. The lowest BCUT2D eigenvalue weighted by molar-refractivity contribution is -0.0153. The van der Waals surface area contributed by atoms with Crippen molar-refractivity contribution in [1.82, 2.24) is 4.90 Å². The zero-order valence-corrected chi connectivity index (χ0v) is 12.9. The molecule has 1 aliphatic heterocycles. The van der Waals surface area contributed by atoms with Crippen molar-refractivity contribution in [2.24, 2.45) is 0 Å². The van der Waals surface area contributed by atoms with Gasteiger partial charge in [-0.15, -0.1) is 0 Å². The summed E-state index contributed by atoms with van der Waals surface area (Å²) in [5, 5.41) is 1.11. The van der Waals surface area contributed by atoms with Crippen LogP contribution < -0.4 is 0 Å². The number of hydrogen-bond acceptors (Lipinski definition) is 3. The Kier molecular flexibility index (Phi) is 3.06. The molecule has 22 heavy (non-hydrogen) atoms. The van der Waals surface area contributed by atoms with Crippen molar-refractivity contribution in [3.05, 3.63) is 71.5 Å². The summed E-state index contributed by atoms with van der Waals surface area (Å²) < 4.78 is 11.6. The van der Waals surface area contributed by atoms with Gasteiger partial charge in [-0.2, -0.15) is 0 Å². The molecule has 0 spiro atoms. The van der Waals surface area contributed by atoms with Crippen LogP contribution in [0, 0.1) is 0 Å². The van der Waals surface area contributed by atoms with E-state index in [2.05, 4.69) is 48.3 Å². The summed E-state index contributed by atoms with van der Waals surface area (Å²) in [4.78, 5) is 2.31. The predicted octanol–water partition coefficient (Wildman–Crippen LogP) is 3.77. The van der Waals surface area contributed by atoms with E-state index >= 15 is 0 Å². The topological polar surface area (TPSA) is 25.6 Å². The van der Waals surface area contributed by atoms with Crippen molar-refractivity contribution >= 4 is 11.0 Å². The Morgan fingerprint density at radius 2 is 2.00 bits per heavy atom. The number of benzene rings is 2. The lowest BCUT2D eigenvalue weighted by atomic mass is 9.80. The normalized spacial score (nSPS) is 21.9. The van der Waals surface area contributed by atoms with E-state index in [1.807, 2.05) is 12.1 Å². The third kappa shape index (κ3) is 1.90. The Bertz CT molecular complexity index is 823. The van der Waals surface area contributed by atoms with Crippen molar-refractivity contribution in [3.63, 3.8) is 0 Å². The SMILES string of the molecule is COC1(c2ccc3occc3c2)CN(C)Cc2ccccc21. The molecule has 0 aliphatic carbocycles. The molecule has 1 aliphatic rings. The van der Waals surface area contributed by atoms with Gasteiger partial charge >= 0.3 is 0 Å². The van der Waals surface area contributed by atoms with Crippen LogP contribution in [0.3, 0.4) is 0 Å². The van der Waals surface area contributed by atoms with Gasteiger partial charge in [-0.1, -0.05) is 30.3 Å². The molecule has 2 heterocycles. The molecule has 0 bridgehead atoms. The first-order valence-corrected chi connectivity index (χ1v) is 7.53. The van der Waals surface area contributed by atoms with E-state index in [1.54, 1.807) is 13.4 Å². The second-order valence-electron chi connectivity index (χ2n) is 6.03. The summed E-state index contributed by atoms with van der Waals surface area (Å²) in [6, 6.07) is 16.9.